The highest BCUT2D eigenvalue weighted by Crippen LogP contribution is 2.51. The van der Waals surface area contributed by atoms with Crippen LogP contribution in [0.2, 0.25) is 0 Å². The van der Waals surface area contributed by atoms with E-state index in [0.29, 0.717) is 5.75 Å². The minimum Gasteiger partial charge on any atom is -0.480 e. The number of carbonyl (C=O) groups excluding carboxylic acids is 1. The Kier molecular flexibility index (Phi) is 10.7. The predicted molar refractivity (Wildman–Crippen MR) is 151 cm³/mol. The van der Waals surface area contributed by atoms with Gasteiger partial charge in [0.25, 0.3) is 0 Å². The Morgan fingerprint density at radius 1 is 0.861 bits per heavy atom. The van der Waals surface area contributed by atoms with Crippen LogP contribution in [-0.4, -0.2) is 52.8 Å². The summed E-state index contributed by atoms with van der Waals surface area (Å²) >= 11 is 0. The molecule has 2 aromatic rings. The highest BCUT2D eigenvalue weighted by molar-refractivity contribution is 8.33. The van der Waals surface area contributed by atoms with E-state index in [-0.39, 0.29) is 12.5 Å². The van der Waals surface area contributed by atoms with E-state index in [1.807, 2.05) is 24.3 Å². The molecule has 1 amide bonds. The molecular weight excluding hydrogens is 470 g/mol. The van der Waals surface area contributed by atoms with Gasteiger partial charge in [-0.05, 0) is 58.8 Å². The number of carbonyl (C=O) groups is 2. The lowest BCUT2D eigenvalue weighted by Crippen LogP contribution is -2.46. The van der Waals surface area contributed by atoms with Gasteiger partial charge < -0.3 is 15.2 Å². The van der Waals surface area contributed by atoms with Gasteiger partial charge in [-0.25, -0.2) is 19.6 Å². The molecule has 36 heavy (non-hydrogen) atoms. The van der Waals surface area contributed by atoms with E-state index < -0.39 is 28.1 Å². The number of aliphatic carboxylic acids is 1. The summed E-state index contributed by atoms with van der Waals surface area (Å²) in [6.45, 7) is 6.75. The van der Waals surface area contributed by atoms with E-state index in [9.17, 15) is 14.7 Å². The summed E-state index contributed by atoms with van der Waals surface area (Å²) in [6.07, 6.45) is 6.00. The van der Waals surface area contributed by atoms with E-state index in [4.69, 9.17) is 4.74 Å². The SMILES string of the molecule is CCCCS(CCCC)(CCCC)C[C@H](NC(=O)OCC1c2ccccc2-c2ccccc21)C(=O)O. The molecule has 0 saturated heterocycles. The molecule has 6 heteroatoms. The molecule has 0 heterocycles. The summed E-state index contributed by atoms with van der Waals surface area (Å²) in [7, 11) is -1.13. The first kappa shape index (κ1) is 28.1. The molecule has 0 aromatic heterocycles. The number of alkyl carbamates (subject to hydrolysis) is 1. The molecular formula is C30H43NO4S. The van der Waals surface area contributed by atoms with Gasteiger partial charge in [0.2, 0.25) is 0 Å². The quantitative estimate of drug-likeness (QED) is 0.264. The van der Waals surface area contributed by atoms with Gasteiger partial charge in [-0.15, -0.1) is 0 Å². The first-order chi connectivity index (χ1) is 17.4. The zero-order valence-corrected chi connectivity index (χ0v) is 22.9. The number of hydrogen-bond acceptors (Lipinski definition) is 3. The average molecular weight is 514 g/mol. The van der Waals surface area contributed by atoms with Gasteiger partial charge in [0.1, 0.15) is 12.6 Å². The molecule has 0 saturated carbocycles. The van der Waals surface area contributed by atoms with Gasteiger partial charge in [-0.1, -0.05) is 88.6 Å². The van der Waals surface area contributed by atoms with Crippen LogP contribution in [0.3, 0.4) is 0 Å². The summed E-state index contributed by atoms with van der Waals surface area (Å²) < 4.78 is 5.67. The van der Waals surface area contributed by atoms with Crippen LogP contribution in [0.25, 0.3) is 11.1 Å². The van der Waals surface area contributed by atoms with Crippen molar-refractivity contribution in [2.75, 3.05) is 29.6 Å². The smallest absolute Gasteiger partial charge is 0.407 e. The molecule has 2 aromatic carbocycles. The molecule has 1 aliphatic rings. The molecule has 0 aliphatic heterocycles. The van der Waals surface area contributed by atoms with E-state index in [1.54, 1.807) is 0 Å². The van der Waals surface area contributed by atoms with Crippen molar-refractivity contribution < 1.29 is 19.4 Å². The zero-order chi connectivity index (χ0) is 26.0. The van der Waals surface area contributed by atoms with Crippen molar-refractivity contribution in [3.05, 3.63) is 59.7 Å². The Balaban J connectivity index is 1.70. The van der Waals surface area contributed by atoms with Crippen molar-refractivity contribution >= 4 is 22.1 Å². The molecule has 2 N–H and O–H groups in total. The third kappa shape index (κ3) is 7.06. The van der Waals surface area contributed by atoms with Crippen LogP contribution in [0.15, 0.2) is 48.5 Å². The largest absolute Gasteiger partial charge is 0.480 e. The molecule has 0 unspecified atom stereocenters. The monoisotopic (exact) mass is 513 g/mol. The van der Waals surface area contributed by atoms with Crippen LogP contribution in [-0.2, 0) is 9.53 Å². The van der Waals surface area contributed by atoms with Crippen molar-refractivity contribution in [1.29, 1.82) is 0 Å². The van der Waals surface area contributed by atoms with E-state index in [2.05, 4.69) is 50.4 Å². The fourth-order valence-electron chi connectivity index (χ4n) is 5.22. The predicted octanol–water partition coefficient (Wildman–Crippen LogP) is 7.18. The van der Waals surface area contributed by atoms with Gasteiger partial charge in [0.15, 0.2) is 0 Å². The Hall–Kier alpha value is -2.47. The van der Waals surface area contributed by atoms with Crippen LogP contribution < -0.4 is 5.32 Å². The van der Waals surface area contributed by atoms with Gasteiger partial charge in [0, 0.05) is 11.7 Å². The Labute approximate surface area is 218 Å². The molecule has 5 nitrogen and oxygen atoms in total. The number of rotatable bonds is 15. The molecule has 3 rings (SSSR count). The molecule has 198 valence electrons. The summed E-state index contributed by atoms with van der Waals surface area (Å²) in [5.41, 5.74) is 4.62. The highest BCUT2D eigenvalue weighted by atomic mass is 32.3. The number of nitrogens with one attached hydrogen (secondary N) is 1. The molecule has 1 aliphatic carbocycles. The van der Waals surface area contributed by atoms with Crippen LogP contribution in [0.4, 0.5) is 4.79 Å². The van der Waals surface area contributed by atoms with E-state index in [1.165, 1.54) is 11.1 Å². The standard InChI is InChI=1S/C30H43NO4S/c1-4-7-18-36(19-8-5-2,20-9-6-3)22-28(29(32)33)31-30(34)35-21-27-25-16-12-10-14-23(25)24-15-11-13-17-26(24)27/h10-17,27-28H,4-9,18-22H2,1-3H3,(H,31,34)(H,32,33)/t28-/m0/s1. The van der Waals surface area contributed by atoms with Crippen molar-refractivity contribution in [2.24, 2.45) is 0 Å². The second-order valence-corrected chi connectivity index (χ2v) is 13.9. The summed E-state index contributed by atoms with van der Waals surface area (Å²) in [6, 6.07) is 15.5. The Bertz CT molecular complexity index is 941. The maximum absolute atomic E-state index is 12.9. The summed E-state index contributed by atoms with van der Waals surface area (Å²) in [5, 5.41) is 12.8. The van der Waals surface area contributed by atoms with Crippen molar-refractivity contribution in [3.8, 4) is 11.1 Å². The lowest BCUT2D eigenvalue weighted by atomic mass is 9.98. The molecule has 0 radical (unpaired) electrons. The van der Waals surface area contributed by atoms with Crippen molar-refractivity contribution in [3.63, 3.8) is 0 Å². The Morgan fingerprint density at radius 2 is 1.33 bits per heavy atom. The lowest BCUT2D eigenvalue weighted by Gasteiger charge is -2.42. The number of carboxylic acid groups (broad SMARTS) is 1. The zero-order valence-electron chi connectivity index (χ0n) is 22.1. The lowest BCUT2D eigenvalue weighted by molar-refractivity contribution is -0.138. The maximum atomic E-state index is 12.9. The number of fused-ring (bicyclic) bond motifs is 3. The van der Waals surface area contributed by atoms with Gasteiger partial charge >= 0.3 is 12.1 Å². The number of unbranched alkanes of at least 4 members (excludes halogenated alkanes) is 3. The van der Waals surface area contributed by atoms with E-state index >= 15 is 0 Å². The normalized spacial score (nSPS) is 14.1. The summed E-state index contributed by atoms with van der Waals surface area (Å²) in [5.74, 6) is 2.77. The second kappa shape index (κ2) is 13.7. The number of hydrogen-bond donors (Lipinski definition) is 2. The maximum Gasteiger partial charge on any atom is 0.407 e. The fourth-order valence-corrected chi connectivity index (χ4v) is 9.97. The van der Waals surface area contributed by atoms with Crippen LogP contribution in [0.1, 0.15) is 76.3 Å². The van der Waals surface area contributed by atoms with Crippen LogP contribution >= 0.6 is 10.0 Å². The van der Waals surface area contributed by atoms with Gasteiger partial charge in [-0.2, -0.15) is 0 Å². The van der Waals surface area contributed by atoms with Gasteiger partial charge in [0.05, 0.1) is 0 Å². The molecule has 0 fully saturated rings. The average Bonchev–Trinajstić information content (AvgIpc) is 3.21. The number of carboxylic acids is 1. The first-order valence-corrected chi connectivity index (χ1v) is 15.8. The molecule has 0 bridgehead atoms. The third-order valence-corrected chi connectivity index (χ3v) is 11.8. The van der Waals surface area contributed by atoms with Crippen molar-refractivity contribution in [2.45, 2.75) is 71.3 Å². The third-order valence-electron chi connectivity index (χ3n) is 7.25. The minimum absolute atomic E-state index is 0.0465. The van der Waals surface area contributed by atoms with Crippen LogP contribution in [0.5, 0.6) is 0 Å². The summed E-state index contributed by atoms with van der Waals surface area (Å²) in [4.78, 5) is 25.1. The van der Waals surface area contributed by atoms with E-state index in [0.717, 1.165) is 66.9 Å². The van der Waals surface area contributed by atoms with Crippen molar-refractivity contribution in [1.82, 2.24) is 5.32 Å². The highest BCUT2D eigenvalue weighted by Gasteiger charge is 2.33. The molecule has 1 atom stereocenters. The van der Waals surface area contributed by atoms with Crippen LogP contribution in [0, 0.1) is 0 Å². The first-order valence-electron chi connectivity index (χ1n) is 13.5. The second-order valence-electron chi connectivity index (χ2n) is 9.93. The van der Waals surface area contributed by atoms with Gasteiger partial charge in [-0.3, -0.25) is 0 Å². The topological polar surface area (TPSA) is 75.6 Å². The Morgan fingerprint density at radius 3 is 1.78 bits per heavy atom. The number of ether oxygens (including phenoxy) is 1. The molecule has 0 spiro atoms. The number of benzene rings is 2. The fraction of sp³-hybridized carbons (Fsp3) is 0.533. The minimum atomic E-state index is -1.13. The number of amides is 1.